The number of ether oxygens (including phenoxy) is 2. The summed E-state index contributed by atoms with van der Waals surface area (Å²) < 4.78 is 36.9. The number of sulfone groups is 1. The second-order valence-electron chi connectivity index (χ2n) is 6.78. The third-order valence-corrected chi connectivity index (χ3v) is 6.04. The predicted octanol–water partition coefficient (Wildman–Crippen LogP) is 1.28. The molecule has 2 aliphatic rings. The molecule has 1 N–H and O–H groups in total. The number of aromatic nitrogens is 2. The number of nitrogens with one attached hydrogen (secondary N) is 1. The zero-order chi connectivity index (χ0) is 17.4. The second-order valence-corrected chi connectivity index (χ2v) is 8.80. The van der Waals surface area contributed by atoms with E-state index < -0.39 is 9.84 Å². The Kier molecular flexibility index (Phi) is 4.53. The Morgan fingerprint density at radius 2 is 2.08 bits per heavy atom. The maximum atomic E-state index is 11.8. The monoisotopic (exact) mass is 365 g/mol. The van der Waals surface area contributed by atoms with Crippen LogP contribution >= 0.6 is 0 Å². The largest absolute Gasteiger partial charge is 0.381 e. The molecule has 8 heteroatoms. The molecule has 0 spiro atoms. The maximum Gasteiger partial charge on any atom is 0.175 e. The molecule has 0 radical (unpaired) electrons. The molecule has 0 amide bonds. The molecular formula is C17H23N3O4S. The molecule has 25 heavy (non-hydrogen) atoms. The van der Waals surface area contributed by atoms with E-state index in [2.05, 4.69) is 14.9 Å². The molecule has 2 aliphatic heterocycles. The van der Waals surface area contributed by atoms with Gasteiger partial charge in [-0.15, -0.1) is 0 Å². The molecular weight excluding hydrogens is 342 g/mol. The first-order chi connectivity index (χ1) is 12.0. The van der Waals surface area contributed by atoms with Crippen LogP contribution in [0, 0.1) is 0 Å². The van der Waals surface area contributed by atoms with Gasteiger partial charge in [-0.2, -0.15) is 0 Å². The molecule has 1 saturated heterocycles. The van der Waals surface area contributed by atoms with Crippen molar-refractivity contribution in [2.75, 3.05) is 32.6 Å². The normalized spacial score (nSPS) is 22.2. The van der Waals surface area contributed by atoms with Gasteiger partial charge >= 0.3 is 0 Å². The summed E-state index contributed by atoms with van der Waals surface area (Å²) >= 11 is 0. The summed E-state index contributed by atoms with van der Waals surface area (Å²) in [5.41, 5.74) is 1.67. The quantitative estimate of drug-likeness (QED) is 0.879. The standard InChI is InChI=1S/C17H23N3O4S/c1-25(21,22)14-2-3-16-15(8-14)19-17-11-24-10-13(20(16)17)9-18-12-4-6-23-7-5-12/h2-3,8,12-13,18H,4-7,9-11H2,1H3/t13-/m0/s1. The van der Waals surface area contributed by atoms with E-state index in [0.717, 1.165) is 43.9 Å². The van der Waals surface area contributed by atoms with E-state index in [1.165, 1.54) is 6.26 Å². The van der Waals surface area contributed by atoms with E-state index >= 15 is 0 Å². The third-order valence-electron chi connectivity index (χ3n) is 4.93. The van der Waals surface area contributed by atoms with Gasteiger partial charge < -0.3 is 19.4 Å². The summed E-state index contributed by atoms with van der Waals surface area (Å²) in [6.45, 7) is 3.51. The lowest BCUT2D eigenvalue weighted by Crippen LogP contribution is -2.40. The van der Waals surface area contributed by atoms with Crippen LogP contribution in [0.15, 0.2) is 23.1 Å². The van der Waals surface area contributed by atoms with E-state index in [1.54, 1.807) is 12.1 Å². The Hall–Kier alpha value is -1.48. The van der Waals surface area contributed by atoms with Crippen LogP contribution in [0.5, 0.6) is 0 Å². The lowest BCUT2D eigenvalue weighted by Gasteiger charge is -2.30. The molecule has 0 bridgehead atoms. The fourth-order valence-electron chi connectivity index (χ4n) is 3.58. The lowest BCUT2D eigenvalue weighted by atomic mass is 10.1. The molecule has 0 unspecified atom stereocenters. The number of hydrogen-bond donors (Lipinski definition) is 1. The van der Waals surface area contributed by atoms with E-state index in [-0.39, 0.29) is 6.04 Å². The lowest BCUT2D eigenvalue weighted by molar-refractivity contribution is 0.0491. The highest BCUT2D eigenvalue weighted by Gasteiger charge is 2.25. The minimum Gasteiger partial charge on any atom is -0.381 e. The zero-order valence-corrected chi connectivity index (χ0v) is 15.1. The van der Waals surface area contributed by atoms with Crippen LogP contribution in [0.3, 0.4) is 0 Å². The van der Waals surface area contributed by atoms with Crippen molar-refractivity contribution in [1.82, 2.24) is 14.9 Å². The van der Waals surface area contributed by atoms with Gasteiger partial charge in [0.1, 0.15) is 12.4 Å². The number of imidazole rings is 1. The van der Waals surface area contributed by atoms with E-state index in [1.807, 2.05) is 6.07 Å². The van der Waals surface area contributed by atoms with Crippen molar-refractivity contribution in [3.8, 4) is 0 Å². The molecule has 1 fully saturated rings. The van der Waals surface area contributed by atoms with Crippen molar-refractivity contribution in [2.24, 2.45) is 0 Å². The molecule has 136 valence electrons. The zero-order valence-electron chi connectivity index (χ0n) is 14.3. The topological polar surface area (TPSA) is 82.5 Å². The molecule has 1 atom stereocenters. The first-order valence-electron chi connectivity index (χ1n) is 8.62. The molecule has 3 heterocycles. The Balaban J connectivity index is 1.61. The SMILES string of the molecule is CS(=O)(=O)c1ccc2c(c1)nc1n2[C@@H](CNC2CCOCC2)COC1. The van der Waals surface area contributed by atoms with Gasteiger partial charge in [-0.25, -0.2) is 13.4 Å². The predicted molar refractivity (Wildman–Crippen MR) is 93.4 cm³/mol. The van der Waals surface area contributed by atoms with Gasteiger partial charge in [0.25, 0.3) is 0 Å². The second kappa shape index (κ2) is 6.68. The number of fused-ring (bicyclic) bond motifs is 3. The van der Waals surface area contributed by atoms with E-state index in [4.69, 9.17) is 9.47 Å². The molecule has 0 saturated carbocycles. The molecule has 2 aromatic rings. The van der Waals surface area contributed by atoms with Crippen LogP contribution in [0.4, 0.5) is 0 Å². The van der Waals surface area contributed by atoms with Crippen molar-refractivity contribution in [3.63, 3.8) is 0 Å². The number of rotatable bonds is 4. The minimum atomic E-state index is -3.24. The maximum absolute atomic E-state index is 11.8. The Bertz CT molecular complexity index is 871. The van der Waals surface area contributed by atoms with Gasteiger partial charge in [-0.1, -0.05) is 0 Å². The van der Waals surface area contributed by atoms with Crippen molar-refractivity contribution in [1.29, 1.82) is 0 Å². The van der Waals surface area contributed by atoms with Crippen LogP contribution < -0.4 is 5.32 Å². The van der Waals surface area contributed by atoms with Crippen molar-refractivity contribution >= 4 is 20.9 Å². The first-order valence-corrected chi connectivity index (χ1v) is 10.5. The van der Waals surface area contributed by atoms with Gasteiger partial charge in [0, 0.05) is 32.1 Å². The molecule has 0 aliphatic carbocycles. The van der Waals surface area contributed by atoms with Crippen LogP contribution in [0.25, 0.3) is 11.0 Å². The number of nitrogens with zero attached hydrogens (tertiary/aromatic N) is 2. The summed E-state index contributed by atoms with van der Waals surface area (Å²) in [7, 11) is -3.24. The van der Waals surface area contributed by atoms with Gasteiger partial charge in [-0.05, 0) is 31.0 Å². The van der Waals surface area contributed by atoms with Crippen LogP contribution in [0.2, 0.25) is 0 Å². The number of hydrogen-bond acceptors (Lipinski definition) is 6. The minimum absolute atomic E-state index is 0.153. The Labute approximate surface area is 147 Å². The molecule has 1 aromatic carbocycles. The van der Waals surface area contributed by atoms with Gasteiger partial charge in [0.2, 0.25) is 0 Å². The summed E-state index contributed by atoms with van der Waals surface area (Å²) in [6, 6.07) is 5.80. The van der Waals surface area contributed by atoms with Gasteiger partial charge in [-0.3, -0.25) is 0 Å². The number of benzene rings is 1. The Morgan fingerprint density at radius 3 is 2.84 bits per heavy atom. The highest BCUT2D eigenvalue weighted by atomic mass is 32.2. The molecule has 1 aromatic heterocycles. The van der Waals surface area contributed by atoms with Crippen LogP contribution in [0.1, 0.15) is 24.7 Å². The fourth-order valence-corrected chi connectivity index (χ4v) is 4.22. The van der Waals surface area contributed by atoms with Crippen LogP contribution in [-0.4, -0.2) is 56.6 Å². The smallest absolute Gasteiger partial charge is 0.175 e. The fraction of sp³-hybridized carbons (Fsp3) is 0.588. The summed E-state index contributed by atoms with van der Waals surface area (Å²) in [6.07, 6.45) is 3.28. The highest BCUT2D eigenvalue weighted by Crippen LogP contribution is 2.27. The summed E-state index contributed by atoms with van der Waals surface area (Å²) in [5.74, 6) is 0.852. The highest BCUT2D eigenvalue weighted by molar-refractivity contribution is 7.90. The Morgan fingerprint density at radius 1 is 1.28 bits per heavy atom. The molecule has 4 rings (SSSR count). The van der Waals surface area contributed by atoms with Crippen molar-refractivity contribution in [2.45, 2.75) is 36.4 Å². The molecule has 7 nitrogen and oxygen atoms in total. The van der Waals surface area contributed by atoms with E-state index in [9.17, 15) is 8.42 Å². The summed E-state index contributed by atoms with van der Waals surface area (Å²) in [4.78, 5) is 4.90. The van der Waals surface area contributed by atoms with Gasteiger partial charge in [0.15, 0.2) is 9.84 Å². The van der Waals surface area contributed by atoms with Gasteiger partial charge in [0.05, 0.1) is 28.6 Å². The van der Waals surface area contributed by atoms with Crippen molar-refractivity contribution in [3.05, 3.63) is 24.0 Å². The van der Waals surface area contributed by atoms with E-state index in [0.29, 0.717) is 29.7 Å². The third kappa shape index (κ3) is 3.44. The van der Waals surface area contributed by atoms with Crippen LogP contribution in [-0.2, 0) is 25.9 Å². The summed E-state index contributed by atoms with van der Waals surface area (Å²) in [5, 5.41) is 3.62. The average Bonchev–Trinajstić information content (AvgIpc) is 2.98. The first kappa shape index (κ1) is 17.0. The van der Waals surface area contributed by atoms with Crippen molar-refractivity contribution < 1.29 is 17.9 Å². The average molecular weight is 365 g/mol.